The van der Waals surface area contributed by atoms with E-state index in [0.29, 0.717) is 17.6 Å². The first-order valence-electron chi connectivity index (χ1n) is 9.39. The van der Waals surface area contributed by atoms with Crippen molar-refractivity contribution < 1.29 is 4.79 Å². The van der Waals surface area contributed by atoms with Gasteiger partial charge in [0, 0.05) is 30.1 Å². The monoisotopic (exact) mass is 361 g/mol. The maximum Gasteiger partial charge on any atom is 0.252 e. The molecule has 0 atom stereocenters. The molecule has 5 nitrogen and oxygen atoms in total. The van der Waals surface area contributed by atoms with Crippen LogP contribution < -0.4 is 10.9 Å². The van der Waals surface area contributed by atoms with Gasteiger partial charge in [-0.3, -0.25) is 14.5 Å². The van der Waals surface area contributed by atoms with Crippen molar-refractivity contribution in [2.45, 2.75) is 25.9 Å². The summed E-state index contributed by atoms with van der Waals surface area (Å²) in [6.45, 7) is 3.79. The van der Waals surface area contributed by atoms with Gasteiger partial charge in [-0.1, -0.05) is 42.5 Å². The number of carbonyl (C=O) groups excluding carboxylic acids is 1. The summed E-state index contributed by atoms with van der Waals surface area (Å²) in [5.74, 6) is -0.238. The Morgan fingerprint density at radius 1 is 1.00 bits per heavy atom. The van der Waals surface area contributed by atoms with Crippen molar-refractivity contribution in [2.24, 2.45) is 0 Å². The quantitative estimate of drug-likeness (QED) is 0.734. The van der Waals surface area contributed by atoms with Gasteiger partial charge in [-0.05, 0) is 43.1 Å². The van der Waals surface area contributed by atoms with E-state index >= 15 is 0 Å². The average Bonchev–Trinajstić information content (AvgIpc) is 3.19. The highest BCUT2D eigenvalue weighted by atomic mass is 16.2. The minimum absolute atomic E-state index is 0.238. The van der Waals surface area contributed by atoms with Gasteiger partial charge in [0.1, 0.15) is 0 Å². The summed E-state index contributed by atoms with van der Waals surface area (Å²) in [6.07, 6.45) is 2.59. The Morgan fingerprint density at radius 3 is 2.48 bits per heavy atom. The Kier molecular flexibility index (Phi) is 5.03. The van der Waals surface area contributed by atoms with Crippen LogP contribution in [0.25, 0.3) is 10.9 Å². The Bertz CT molecular complexity index is 1000. The first-order chi connectivity index (χ1) is 13.2. The van der Waals surface area contributed by atoms with Crippen LogP contribution in [0, 0.1) is 0 Å². The maximum atomic E-state index is 12.6. The second-order valence-electron chi connectivity index (χ2n) is 7.08. The van der Waals surface area contributed by atoms with Crippen LogP contribution in [0.1, 0.15) is 34.3 Å². The van der Waals surface area contributed by atoms with E-state index in [1.165, 1.54) is 37.6 Å². The molecule has 0 bridgehead atoms. The van der Waals surface area contributed by atoms with E-state index in [9.17, 15) is 9.59 Å². The molecule has 138 valence electrons. The molecule has 0 aliphatic carbocycles. The molecule has 1 fully saturated rings. The number of amides is 1. The SMILES string of the molecule is O=C(NCc1ccc(CN2CCCC2)cc1)c1cc(=O)[nH]c2ccccc12. The average molecular weight is 361 g/mol. The van der Waals surface area contributed by atoms with Gasteiger partial charge >= 0.3 is 0 Å². The van der Waals surface area contributed by atoms with E-state index in [1.54, 1.807) is 6.07 Å². The van der Waals surface area contributed by atoms with Crippen molar-refractivity contribution >= 4 is 16.8 Å². The number of pyridine rings is 1. The molecule has 0 radical (unpaired) electrons. The number of nitrogens with zero attached hydrogens (tertiary/aromatic N) is 1. The van der Waals surface area contributed by atoms with E-state index in [-0.39, 0.29) is 11.5 Å². The highest BCUT2D eigenvalue weighted by molar-refractivity contribution is 6.05. The predicted molar refractivity (Wildman–Crippen MR) is 107 cm³/mol. The number of fused-ring (bicyclic) bond motifs is 1. The summed E-state index contributed by atoms with van der Waals surface area (Å²) in [7, 11) is 0. The zero-order chi connectivity index (χ0) is 18.6. The summed E-state index contributed by atoms with van der Waals surface area (Å²) >= 11 is 0. The van der Waals surface area contributed by atoms with Crippen molar-refractivity contribution in [3.8, 4) is 0 Å². The maximum absolute atomic E-state index is 12.6. The Labute approximate surface area is 158 Å². The first kappa shape index (κ1) is 17.5. The van der Waals surface area contributed by atoms with Crippen LogP contribution in [0.4, 0.5) is 0 Å². The third-order valence-corrected chi connectivity index (χ3v) is 5.08. The number of likely N-dealkylation sites (tertiary alicyclic amines) is 1. The smallest absolute Gasteiger partial charge is 0.252 e. The fourth-order valence-corrected chi connectivity index (χ4v) is 3.63. The van der Waals surface area contributed by atoms with Gasteiger partial charge < -0.3 is 10.3 Å². The van der Waals surface area contributed by atoms with Gasteiger partial charge in [0.15, 0.2) is 0 Å². The lowest BCUT2D eigenvalue weighted by molar-refractivity contribution is 0.0952. The standard InChI is InChI=1S/C22H23N3O2/c26-21-13-19(18-5-1-2-6-20(18)24-21)22(27)23-14-16-7-9-17(10-8-16)15-25-11-3-4-12-25/h1-2,5-10,13H,3-4,11-12,14-15H2,(H,23,27)(H,24,26). The van der Waals surface area contributed by atoms with Crippen molar-refractivity contribution in [1.29, 1.82) is 0 Å². The summed E-state index contributed by atoms with van der Waals surface area (Å²) in [5, 5.41) is 3.67. The Balaban J connectivity index is 1.43. The lowest BCUT2D eigenvalue weighted by Gasteiger charge is -2.14. The van der Waals surface area contributed by atoms with Crippen LogP contribution >= 0.6 is 0 Å². The normalized spacial score (nSPS) is 14.5. The van der Waals surface area contributed by atoms with Gasteiger partial charge in [0.2, 0.25) is 5.56 Å². The third kappa shape index (κ3) is 4.09. The number of carbonyl (C=O) groups is 1. The largest absolute Gasteiger partial charge is 0.348 e. The molecular weight excluding hydrogens is 338 g/mol. The van der Waals surface area contributed by atoms with E-state index in [2.05, 4.69) is 39.5 Å². The minimum Gasteiger partial charge on any atom is -0.348 e. The number of nitrogens with one attached hydrogen (secondary N) is 2. The number of aromatic nitrogens is 1. The van der Waals surface area contributed by atoms with Crippen LogP contribution in [-0.2, 0) is 13.1 Å². The second kappa shape index (κ2) is 7.76. The summed E-state index contributed by atoms with van der Waals surface area (Å²) in [5.41, 5.74) is 3.14. The summed E-state index contributed by atoms with van der Waals surface area (Å²) in [4.78, 5) is 29.7. The van der Waals surface area contributed by atoms with Crippen molar-refractivity contribution in [3.05, 3.63) is 81.6 Å². The lowest BCUT2D eigenvalue weighted by atomic mass is 10.1. The van der Waals surface area contributed by atoms with Crippen LogP contribution in [0.2, 0.25) is 0 Å². The van der Waals surface area contributed by atoms with E-state index in [4.69, 9.17) is 0 Å². The minimum atomic E-state index is -0.273. The van der Waals surface area contributed by atoms with Crippen molar-refractivity contribution in [2.75, 3.05) is 13.1 Å². The van der Waals surface area contributed by atoms with Crippen LogP contribution in [0.5, 0.6) is 0 Å². The fraction of sp³-hybridized carbons (Fsp3) is 0.273. The van der Waals surface area contributed by atoms with Gasteiger partial charge in [0.25, 0.3) is 5.91 Å². The fourth-order valence-electron chi connectivity index (χ4n) is 3.63. The molecule has 0 spiro atoms. The molecule has 1 amide bonds. The summed E-state index contributed by atoms with van der Waals surface area (Å²) in [6, 6.07) is 17.1. The van der Waals surface area contributed by atoms with Gasteiger partial charge in [-0.15, -0.1) is 0 Å². The van der Waals surface area contributed by atoms with E-state index < -0.39 is 0 Å². The molecule has 0 saturated carbocycles. The Hall–Kier alpha value is -2.92. The molecule has 2 N–H and O–H groups in total. The van der Waals surface area contributed by atoms with E-state index in [1.807, 2.05) is 18.2 Å². The van der Waals surface area contributed by atoms with Gasteiger partial charge in [-0.2, -0.15) is 0 Å². The molecule has 1 aliphatic heterocycles. The molecule has 0 unspecified atom stereocenters. The summed E-state index contributed by atoms with van der Waals surface area (Å²) < 4.78 is 0. The molecule has 5 heteroatoms. The molecule has 1 aliphatic rings. The van der Waals surface area contributed by atoms with Crippen LogP contribution in [0.15, 0.2) is 59.4 Å². The molecule has 27 heavy (non-hydrogen) atoms. The lowest BCUT2D eigenvalue weighted by Crippen LogP contribution is -2.25. The van der Waals surface area contributed by atoms with E-state index in [0.717, 1.165) is 17.5 Å². The zero-order valence-electron chi connectivity index (χ0n) is 15.2. The third-order valence-electron chi connectivity index (χ3n) is 5.08. The number of para-hydroxylation sites is 1. The molecule has 1 aromatic heterocycles. The van der Waals surface area contributed by atoms with Gasteiger partial charge in [-0.25, -0.2) is 0 Å². The highest BCUT2D eigenvalue weighted by Crippen LogP contribution is 2.15. The number of hydrogen-bond donors (Lipinski definition) is 2. The number of rotatable bonds is 5. The first-order valence-corrected chi connectivity index (χ1v) is 9.39. The molecule has 3 aromatic rings. The van der Waals surface area contributed by atoms with Gasteiger partial charge in [0.05, 0.1) is 5.56 Å². The predicted octanol–water partition coefficient (Wildman–Crippen LogP) is 3.05. The van der Waals surface area contributed by atoms with Crippen LogP contribution in [-0.4, -0.2) is 28.9 Å². The number of aromatic amines is 1. The number of H-pyrrole nitrogens is 1. The van der Waals surface area contributed by atoms with Crippen molar-refractivity contribution in [1.82, 2.24) is 15.2 Å². The van der Waals surface area contributed by atoms with Crippen molar-refractivity contribution in [3.63, 3.8) is 0 Å². The number of hydrogen-bond acceptors (Lipinski definition) is 3. The number of benzene rings is 2. The zero-order valence-corrected chi connectivity index (χ0v) is 15.2. The van der Waals surface area contributed by atoms with Crippen LogP contribution in [0.3, 0.4) is 0 Å². The topological polar surface area (TPSA) is 65.2 Å². The second-order valence-corrected chi connectivity index (χ2v) is 7.08. The molecule has 2 aromatic carbocycles. The molecule has 4 rings (SSSR count). The Morgan fingerprint density at radius 2 is 1.70 bits per heavy atom. The molecule has 2 heterocycles. The molecular formula is C22H23N3O2. The highest BCUT2D eigenvalue weighted by Gasteiger charge is 2.13. The molecule has 1 saturated heterocycles.